The van der Waals surface area contributed by atoms with Crippen LogP contribution in [-0.4, -0.2) is 48.7 Å². The highest BCUT2D eigenvalue weighted by atomic mass is 16.5. The number of ether oxygens (including phenoxy) is 1. The minimum atomic E-state index is -0.374. The number of nitrogens with one attached hydrogen (secondary N) is 2. The van der Waals surface area contributed by atoms with Crippen molar-refractivity contribution in [3.8, 4) is 0 Å². The van der Waals surface area contributed by atoms with Crippen LogP contribution in [0.1, 0.15) is 12.0 Å². The van der Waals surface area contributed by atoms with Gasteiger partial charge in [-0.1, -0.05) is 6.07 Å². The minimum Gasteiger partial charge on any atom is -0.383 e. The maximum Gasteiger partial charge on any atom is 0.324 e. The Kier molecular flexibility index (Phi) is 7.05. The van der Waals surface area contributed by atoms with Crippen molar-refractivity contribution >= 4 is 12.0 Å². The summed E-state index contributed by atoms with van der Waals surface area (Å²) < 4.78 is 4.85. The van der Waals surface area contributed by atoms with E-state index in [1.165, 1.54) is 4.90 Å². The fraction of sp³-hybridized carbons (Fsp3) is 0.462. The number of urea groups is 1. The van der Waals surface area contributed by atoms with Gasteiger partial charge in [-0.05, 0) is 24.5 Å². The Labute approximate surface area is 118 Å². The quantitative estimate of drug-likeness (QED) is 0.385. The first-order valence-corrected chi connectivity index (χ1v) is 6.42. The number of pyridine rings is 1. The number of hydrogen-bond acceptors (Lipinski definition) is 4. The van der Waals surface area contributed by atoms with Crippen LogP contribution in [0.25, 0.3) is 0 Å². The molecule has 1 heterocycles. The molecule has 0 aliphatic carbocycles. The second kappa shape index (κ2) is 8.87. The van der Waals surface area contributed by atoms with Crippen LogP contribution in [0.3, 0.4) is 0 Å². The van der Waals surface area contributed by atoms with Crippen LogP contribution in [-0.2, 0) is 11.2 Å². The third-order valence-electron chi connectivity index (χ3n) is 2.69. The number of carbonyl (C=O) groups is 1. The van der Waals surface area contributed by atoms with E-state index in [9.17, 15) is 4.79 Å². The number of nitrogens with two attached hydrogens (primary N) is 1. The van der Waals surface area contributed by atoms with E-state index < -0.39 is 0 Å². The van der Waals surface area contributed by atoms with Gasteiger partial charge in [0.25, 0.3) is 0 Å². The lowest BCUT2D eigenvalue weighted by Gasteiger charge is -2.21. The summed E-state index contributed by atoms with van der Waals surface area (Å²) in [4.78, 5) is 17.1. The van der Waals surface area contributed by atoms with Crippen molar-refractivity contribution in [2.75, 3.05) is 26.8 Å². The molecule has 0 radical (unpaired) electrons. The number of guanidine groups is 1. The number of aromatic nitrogens is 1. The van der Waals surface area contributed by atoms with E-state index in [1.807, 2.05) is 12.1 Å². The van der Waals surface area contributed by atoms with Crippen molar-refractivity contribution in [3.63, 3.8) is 0 Å². The second-order valence-corrected chi connectivity index (χ2v) is 4.23. The summed E-state index contributed by atoms with van der Waals surface area (Å²) in [7, 11) is 1.56. The lowest BCUT2D eigenvalue weighted by molar-refractivity contribution is 0.189. The van der Waals surface area contributed by atoms with Gasteiger partial charge < -0.3 is 15.8 Å². The molecule has 7 heteroatoms. The first kappa shape index (κ1) is 15.9. The van der Waals surface area contributed by atoms with Gasteiger partial charge >= 0.3 is 6.03 Å². The molecule has 0 atom stereocenters. The highest BCUT2D eigenvalue weighted by molar-refractivity contribution is 5.93. The van der Waals surface area contributed by atoms with Gasteiger partial charge in [-0.15, -0.1) is 0 Å². The van der Waals surface area contributed by atoms with Gasteiger partial charge in [-0.25, -0.2) is 4.79 Å². The van der Waals surface area contributed by atoms with E-state index in [0.29, 0.717) is 26.1 Å². The Morgan fingerprint density at radius 1 is 1.60 bits per heavy atom. The Balaban J connectivity index is 2.39. The predicted molar refractivity (Wildman–Crippen MR) is 76.5 cm³/mol. The number of aryl methyl sites for hydroxylation is 1. The maximum absolute atomic E-state index is 11.8. The summed E-state index contributed by atoms with van der Waals surface area (Å²) in [5, 5.41) is 10.1. The normalized spacial score (nSPS) is 10.1. The van der Waals surface area contributed by atoms with Crippen LogP contribution in [0.4, 0.5) is 4.79 Å². The van der Waals surface area contributed by atoms with E-state index in [-0.39, 0.29) is 12.0 Å². The van der Waals surface area contributed by atoms with Gasteiger partial charge in [-0.3, -0.25) is 15.3 Å². The summed E-state index contributed by atoms with van der Waals surface area (Å²) in [6.45, 7) is 1.21. The molecule has 0 aliphatic heterocycles. The number of nitrogens with zero attached hydrogens (tertiary/aromatic N) is 2. The zero-order chi connectivity index (χ0) is 14.8. The van der Waals surface area contributed by atoms with Gasteiger partial charge in [0, 0.05) is 32.6 Å². The zero-order valence-corrected chi connectivity index (χ0v) is 11.6. The highest BCUT2D eigenvalue weighted by Crippen LogP contribution is 2.02. The van der Waals surface area contributed by atoms with E-state index in [0.717, 1.165) is 12.0 Å². The standard InChI is InChI=1S/C13H21N5O2/c1-20-9-7-17-13(19)18(12(14)15)8-3-5-11-4-2-6-16-10-11/h2,4,6,10H,3,5,7-9H2,1H3,(H3,14,15)(H,17,19). The topological polar surface area (TPSA) is 104 Å². The van der Waals surface area contributed by atoms with Crippen molar-refractivity contribution in [1.82, 2.24) is 15.2 Å². The Bertz CT molecular complexity index is 424. The summed E-state index contributed by atoms with van der Waals surface area (Å²) in [6, 6.07) is 3.47. The number of methoxy groups -OCH3 is 1. The van der Waals surface area contributed by atoms with Crippen LogP contribution in [0.5, 0.6) is 0 Å². The molecule has 2 amide bonds. The molecule has 1 aromatic rings. The fourth-order valence-corrected chi connectivity index (χ4v) is 1.67. The molecular weight excluding hydrogens is 258 g/mol. The van der Waals surface area contributed by atoms with E-state index in [2.05, 4.69) is 10.3 Å². The summed E-state index contributed by atoms with van der Waals surface area (Å²) in [5.74, 6) is -0.258. The molecule has 1 rings (SSSR count). The van der Waals surface area contributed by atoms with E-state index >= 15 is 0 Å². The molecule has 0 saturated carbocycles. The molecule has 0 spiro atoms. The van der Waals surface area contributed by atoms with Crippen LogP contribution in [0.15, 0.2) is 24.5 Å². The van der Waals surface area contributed by atoms with Gasteiger partial charge in [0.2, 0.25) is 0 Å². The summed E-state index contributed by atoms with van der Waals surface area (Å²) in [6.07, 6.45) is 5.00. The fourth-order valence-electron chi connectivity index (χ4n) is 1.67. The van der Waals surface area contributed by atoms with Crippen LogP contribution in [0.2, 0.25) is 0 Å². The Morgan fingerprint density at radius 2 is 2.40 bits per heavy atom. The molecule has 0 unspecified atom stereocenters. The van der Waals surface area contributed by atoms with Crippen LogP contribution in [0, 0.1) is 5.41 Å². The van der Waals surface area contributed by atoms with E-state index in [1.54, 1.807) is 19.5 Å². The summed E-state index contributed by atoms with van der Waals surface area (Å²) in [5.41, 5.74) is 6.52. The van der Waals surface area contributed by atoms with Gasteiger partial charge in [-0.2, -0.15) is 0 Å². The molecule has 0 aliphatic rings. The number of rotatable bonds is 7. The van der Waals surface area contributed by atoms with Gasteiger partial charge in [0.15, 0.2) is 5.96 Å². The van der Waals surface area contributed by atoms with E-state index in [4.69, 9.17) is 15.9 Å². The monoisotopic (exact) mass is 279 g/mol. The molecule has 7 nitrogen and oxygen atoms in total. The van der Waals surface area contributed by atoms with Crippen molar-refractivity contribution < 1.29 is 9.53 Å². The molecule has 0 saturated heterocycles. The van der Waals surface area contributed by atoms with Gasteiger partial charge in [0.1, 0.15) is 0 Å². The third-order valence-corrected chi connectivity index (χ3v) is 2.69. The second-order valence-electron chi connectivity index (χ2n) is 4.23. The summed E-state index contributed by atoms with van der Waals surface area (Å²) >= 11 is 0. The molecule has 4 N–H and O–H groups in total. The first-order chi connectivity index (χ1) is 9.65. The van der Waals surface area contributed by atoms with Crippen molar-refractivity contribution in [3.05, 3.63) is 30.1 Å². The lowest BCUT2D eigenvalue weighted by Crippen LogP contribution is -2.48. The zero-order valence-electron chi connectivity index (χ0n) is 11.6. The van der Waals surface area contributed by atoms with Crippen molar-refractivity contribution in [2.24, 2.45) is 5.73 Å². The number of hydrogen-bond donors (Lipinski definition) is 3. The minimum absolute atomic E-state index is 0.258. The van der Waals surface area contributed by atoms with Crippen molar-refractivity contribution in [2.45, 2.75) is 12.8 Å². The number of amides is 2. The highest BCUT2D eigenvalue weighted by Gasteiger charge is 2.15. The first-order valence-electron chi connectivity index (χ1n) is 6.42. The molecule has 1 aromatic heterocycles. The molecule has 110 valence electrons. The van der Waals surface area contributed by atoms with Crippen LogP contribution < -0.4 is 11.1 Å². The number of carbonyl (C=O) groups excluding carboxylic acids is 1. The lowest BCUT2D eigenvalue weighted by atomic mass is 10.1. The molecular formula is C13H21N5O2. The average Bonchev–Trinajstić information content (AvgIpc) is 2.44. The average molecular weight is 279 g/mol. The third kappa shape index (κ3) is 5.66. The largest absolute Gasteiger partial charge is 0.383 e. The predicted octanol–water partition coefficient (Wildman–Crippen LogP) is 0.566. The van der Waals surface area contributed by atoms with Crippen molar-refractivity contribution in [1.29, 1.82) is 5.41 Å². The molecule has 0 aromatic carbocycles. The molecule has 0 fully saturated rings. The Morgan fingerprint density at radius 3 is 3.00 bits per heavy atom. The van der Waals surface area contributed by atoms with Crippen LogP contribution >= 0.6 is 0 Å². The SMILES string of the molecule is COCCNC(=O)N(CCCc1cccnc1)C(=N)N. The Hall–Kier alpha value is -2.15. The smallest absolute Gasteiger partial charge is 0.324 e. The molecule has 0 bridgehead atoms. The molecule has 20 heavy (non-hydrogen) atoms. The van der Waals surface area contributed by atoms with Gasteiger partial charge in [0.05, 0.1) is 6.61 Å². The maximum atomic E-state index is 11.8.